The van der Waals surface area contributed by atoms with Crippen LogP contribution >= 0.6 is 0 Å². The van der Waals surface area contributed by atoms with Crippen LogP contribution in [-0.4, -0.2) is 11.2 Å². The van der Waals surface area contributed by atoms with Crippen LogP contribution in [0.5, 0.6) is 0 Å². The van der Waals surface area contributed by atoms with Crippen LogP contribution in [-0.2, 0) is 6.42 Å². The van der Waals surface area contributed by atoms with Crippen molar-refractivity contribution in [1.82, 2.24) is 0 Å². The highest BCUT2D eigenvalue weighted by Gasteiger charge is 2.15. The second kappa shape index (κ2) is 5.39. The minimum atomic E-state index is -0.529. The third-order valence-corrected chi connectivity index (χ3v) is 2.84. The molecule has 1 unspecified atom stereocenters. The Hall–Kier alpha value is -0.960. The van der Waals surface area contributed by atoms with Crippen molar-refractivity contribution in [2.24, 2.45) is 5.92 Å². The molecule has 0 radical (unpaired) electrons. The third-order valence-electron chi connectivity index (χ3n) is 2.84. The topological polar surface area (TPSA) is 20.2 Å². The van der Waals surface area contributed by atoms with Gasteiger partial charge in [0.15, 0.2) is 0 Å². The van der Waals surface area contributed by atoms with E-state index >= 15 is 0 Å². The largest absolute Gasteiger partial charge is 0.393 e. The van der Waals surface area contributed by atoms with Gasteiger partial charge in [-0.3, -0.25) is 0 Å². The molecule has 1 nitrogen and oxygen atoms in total. The molecular formula is C13H18F2O. The Morgan fingerprint density at radius 3 is 2.44 bits per heavy atom. The summed E-state index contributed by atoms with van der Waals surface area (Å²) in [6, 6.07) is 2.70. The van der Waals surface area contributed by atoms with Crippen molar-refractivity contribution in [3.05, 3.63) is 34.9 Å². The molecule has 0 spiro atoms. The highest BCUT2D eigenvalue weighted by atomic mass is 19.1. The maximum absolute atomic E-state index is 13.6. The van der Waals surface area contributed by atoms with Gasteiger partial charge in [0.05, 0.1) is 6.10 Å². The van der Waals surface area contributed by atoms with E-state index < -0.39 is 17.7 Å². The first-order valence-corrected chi connectivity index (χ1v) is 5.55. The Morgan fingerprint density at radius 2 is 1.88 bits per heavy atom. The van der Waals surface area contributed by atoms with Gasteiger partial charge in [-0.1, -0.05) is 19.9 Å². The van der Waals surface area contributed by atoms with Crippen molar-refractivity contribution in [2.75, 3.05) is 0 Å². The fraction of sp³-hybridized carbons (Fsp3) is 0.538. The molecule has 0 aliphatic carbocycles. The lowest BCUT2D eigenvalue weighted by Gasteiger charge is -2.15. The summed E-state index contributed by atoms with van der Waals surface area (Å²) in [7, 11) is 0. The lowest BCUT2D eigenvalue weighted by molar-refractivity contribution is 0.116. The highest BCUT2D eigenvalue weighted by Crippen LogP contribution is 2.19. The Bertz CT molecular complexity index is 361. The van der Waals surface area contributed by atoms with Crippen molar-refractivity contribution in [2.45, 2.75) is 39.7 Å². The molecule has 0 fully saturated rings. The van der Waals surface area contributed by atoms with E-state index in [0.29, 0.717) is 12.0 Å². The molecule has 1 aromatic carbocycles. The first kappa shape index (κ1) is 13.1. The number of rotatable bonds is 4. The number of halogens is 2. The average Bonchev–Trinajstić information content (AvgIpc) is 2.23. The summed E-state index contributed by atoms with van der Waals surface area (Å²) in [6.45, 7) is 5.37. The van der Waals surface area contributed by atoms with Crippen LogP contribution in [0.15, 0.2) is 12.1 Å². The first-order chi connectivity index (χ1) is 7.43. The lowest BCUT2D eigenvalue weighted by atomic mass is 9.98. The van der Waals surface area contributed by atoms with E-state index in [2.05, 4.69) is 0 Å². The molecule has 0 aliphatic heterocycles. The van der Waals surface area contributed by atoms with Crippen LogP contribution in [0, 0.1) is 24.5 Å². The van der Waals surface area contributed by atoms with Gasteiger partial charge >= 0.3 is 0 Å². The Morgan fingerprint density at radius 1 is 1.25 bits per heavy atom. The number of hydrogen-bond acceptors (Lipinski definition) is 1. The van der Waals surface area contributed by atoms with Crippen molar-refractivity contribution in [1.29, 1.82) is 0 Å². The van der Waals surface area contributed by atoms with Gasteiger partial charge in [0.25, 0.3) is 0 Å². The zero-order valence-electron chi connectivity index (χ0n) is 9.93. The molecule has 1 rings (SSSR count). The minimum Gasteiger partial charge on any atom is -0.393 e. The van der Waals surface area contributed by atoms with Crippen LogP contribution in [0.3, 0.4) is 0 Å². The SMILES string of the molecule is Cc1ccc(F)c(CCC(O)C(C)C)c1F. The lowest BCUT2D eigenvalue weighted by Crippen LogP contribution is -2.16. The van der Waals surface area contributed by atoms with Gasteiger partial charge < -0.3 is 5.11 Å². The predicted molar refractivity (Wildman–Crippen MR) is 60.3 cm³/mol. The molecule has 16 heavy (non-hydrogen) atoms. The number of aliphatic hydroxyl groups excluding tert-OH is 1. The van der Waals surface area contributed by atoms with E-state index in [1.54, 1.807) is 6.92 Å². The second-order valence-corrected chi connectivity index (χ2v) is 4.51. The van der Waals surface area contributed by atoms with E-state index in [4.69, 9.17) is 0 Å². The number of hydrogen-bond donors (Lipinski definition) is 1. The standard InChI is InChI=1S/C13H18F2O/c1-8(2)12(16)7-5-10-11(14)6-4-9(3)13(10)15/h4,6,8,12,16H,5,7H2,1-3H3. The summed E-state index contributed by atoms with van der Waals surface area (Å²) in [5.74, 6) is -0.911. The molecule has 0 saturated carbocycles. The van der Waals surface area contributed by atoms with Crippen LogP contribution in [0.1, 0.15) is 31.4 Å². The summed E-state index contributed by atoms with van der Waals surface area (Å²) < 4.78 is 27.0. The van der Waals surface area contributed by atoms with E-state index in [9.17, 15) is 13.9 Å². The smallest absolute Gasteiger partial charge is 0.132 e. The minimum absolute atomic E-state index is 0.0831. The van der Waals surface area contributed by atoms with Gasteiger partial charge in [-0.25, -0.2) is 8.78 Å². The fourth-order valence-corrected chi connectivity index (χ4v) is 1.57. The maximum atomic E-state index is 13.6. The molecule has 0 aliphatic rings. The van der Waals surface area contributed by atoms with Gasteiger partial charge in [-0.05, 0) is 37.3 Å². The molecular weight excluding hydrogens is 210 g/mol. The molecule has 0 heterocycles. The van der Waals surface area contributed by atoms with Gasteiger partial charge in [0.2, 0.25) is 0 Å². The zero-order chi connectivity index (χ0) is 12.3. The van der Waals surface area contributed by atoms with E-state index in [1.807, 2.05) is 13.8 Å². The molecule has 90 valence electrons. The molecule has 1 N–H and O–H groups in total. The molecule has 0 aromatic heterocycles. The quantitative estimate of drug-likeness (QED) is 0.839. The molecule has 3 heteroatoms. The van der Waals surface area contributed by atoms with Crippen molar-refractivity contribution in [3.8, 4) is 0 Å². The Labute approximate surface area is 95.1 Å². The van der Waals surface area contributed by atoms with Crippen molar-refractivity contribution < 1.29 is 13.9 Å². The van der Waals surface area contributed by atoms with Crippen LogP contribution in [0.4, 0.5) is 8.78 Å². The van der Waals surface area contributed by atoms with Crippen LogP contribution in [0.25, 0.3) is 0 Å². The normalized spacial score (nSPS) is 13.2. The van der Waals surface area contributed by atoms with Gasteiger partial charge in [-0.2, -0.15) is 0 Å². The van der Waals surface area contributed by atoms with E-state index in [0.717, 1.165) is 0 Å². The summed E-state index contributed by atoms with van der Waals surface area (Å²) in [5.41, 5.74) is 0.523. The molecule has 0 bridgehead atoms. The summed E-state index contributed by atoms with van der Waals surface area (Å²) in [6.07, 6.45) is 0.104. The number of benzene rings is 1. The predicted octanol–water partition coefficient (Wildman–Crippen LogP) is 3.22. The summed E-state index contributed by atoms with van der Waals surface area (Å²) in [4.78, 5) is 0. The Balaban J connectivity index is 2.77. The van der Waals surface area contributed by atoms with E-state index in [1.165, 1.54) is 12.1 Å². The summed E-state index contributed by atoms with van der Waals surface area (Å²) >= 11 is 0. The number of aliphatic hydroxyl groups is 1. The van der Waals surface area contributed by atoms with Gasteiger partial charge in [0, 0.05) is 5.56 Å². The van der Waals surface area contributed by atoms with Crippen molar-refractivity contribution >= 4 is 0 Å². The van der Waals surface area contributed by atoms with E-state index in [-0.39, 0.29) is 17.9 Å². The Kier molecular flexibility index (Phi) is 4.42. The van der Waals surface area contributed by atoms with Crippen molar-refractivity contribution in [3.63, 3.8) is 0 Å². The van der Waals surface area contributed by atoms with Gasteiger partial charge in [-0.15, -0.1) is 0 Å². The average molecular weight is 228 g/mol. The molecule has 1 atom stereocenters. The second-order valence-electron chi connectivity index (χ2n) is 4.51. The van der Waals surface area contributed by atoms with Crippen LogP contribution < -0.4 is 0 Å². The number of aryl methyl sites for hydroxylation is 1. The fourth-order valence-electron chi connectivity index (χ4n) is 1.57. The maximum Gasteiger partial charge on any atom is 0.132 e. The third kappa shape index (κ3) is 3.01. The zero-order valence-corrected chi connectivity index (χ0v) is 9.93. The van der Waals surface area contributed by atoms with Crippen LogP contribution in [0.2, 0.25) is 0 Å². The first-order valence-electron chi connectivity index (χ1n) is 5.55. The molecule has 1 aromatic rings. The molecule has 0 saturated heterocycles. The van der Waals surface area contributed by atoms with Gasteiger partial charge in [0.1, 0.15) is 11.6 Å². The summed E-state index contributed by atoms with van der Waals surface area (Å²) in [5, 5.41) is 9.59. The molecule has 0 amide bonds. The highest BCUT2D eigenvalue weighted by molar-refractivity contribution is 5.26. The monoisotopic (exact) mass is 228 g/mol.